The molecule has 0 aliphatic rings. The fraction of sp³-hybridized carbons (Fsp3) is 0.800. The highest BCUT2D eigenvalue weighted by Gasteiger charge is 2.37. The number of rotatable bonds is 8. The van der Waals surface area contributed by atoms with Gasteiger partial charge in [0.2, 0.25) is 0 Å². The molecular formula is C15H30O4Si. The number of carbonyl (C=O) groups is 1. The Morgan fingerprint density at radius 2 is 1.95 bits per heavy atom. The molecule has 0 spiro atoms. The SMILES string of the molecule is COC(=O)/C=C/CCC[C@@H](O)CO[Si](C)(C)C(C)(C)C. The van der Waals surface area contributed by atoms with Gasteiger partial charge >= 0.3 is 5.97 Å². The number of aliphatic hydroxyl groups is 1. The molecule has 0 saturated heterocycles. The second-order valence-corrected chi connectivity index (χ2v) is 11.4. The van der Waals surface area contributed by atoms with E-state index < -0.39 is 14.4 Å². The van der Waals surface area contributed by atoms with E-state index in [1.165, 1.54) is 13.2 Å². The average molecular weight is 302 g/mol. The van der Waals surface area contributed by atoms with Crippen LogP contribution in [0.5, 0.6) is 0 Å². The van der Waals surface area contributed by atoms with Gasteiger partial charge in [0.15, 0.2) is 8.32 Å². The molecule has 1 atom stereocenters. The van der Waals surface area contributed by atoms with Crippen molar-refractivity contribution in [2.45, 2.75) is 64.3 Å². The van der Waals surface area contributed by atoms with Crippen molar-refractivity contribution in [3.63, 3.8) is 0 Å². The van der Waals surface area contributed by atoms with E-state index in [1.807, 2.05) is 0 Å². The van der Waals surface area contributed by atoms with Gasteiger partial charge in [-0.25, -0.2) is 4.79 Å². The molecule has 0 aromatic carbocycles. The van der Waals surface area contributed by atoms with E-state index in [0.717, 1.165) is 12.8 Å². The molecule has 1 N–H and O–H groups in total. The molecule has 0 amide bonds. The van der Waals surface area contributed by atoms with Crippen LogP contribution in [0, 0.1) is 0 Å². The fourth-order valence-electron chi connectivity index (χ4n) is 1.32. The summed E-state index contributed by atoms with van der Waals surface area (Å²) in [5.74, 6) is -0.341. The molecule has 0 saturated carbocycles. The van der Waals surface area contributed by atoms with Crippen LogP contribution in [0.1, 0.15) is 40.0 Å². The third kappa shape index (κ3) is 7.82. The Morgan fingerprint density at radius 1 is 1.35 bits per heavy atom. The zero-order chi connectivity index (χ0) is 15.8. The van der Waals surface area contributed by atoms with Gasteiger partial charge in [0.1, 0.15) is 0 Å². The lowest BCUT2D eigenvalue weighted by Crippen LogP contribution is -2.42. The van der Waals surface area contributed by atoms with Crippen LogP contribution < -0.4 is 0 Å². The molecule has 0 rings (SSSR count). The Balaban J connectivity index is 3.88. The summed E-state index contributed by atoms with van der Waals surface area (Å²) in [7, 11) is -0.421. The van der Waals surface area contributed by atoms with E-state index in [1.54, 1.807) is 6.08 Å². The first kappa shape index (κ1) is 19.3. The lowest BCUT2D eigenvalue weighted by molar-refractivity contribution is -0.134. The third-order valence-corrected chi connectivity index (χ3v) is 8.31. The molecule has 20 heavy (non-hydrogen) atoms. The van der Waals surface area contributed by atoms with Gasteiger partial charge in [-0.1, -0.05) is 26.8 Å². The van der Waals surface area contributed by atoms with Crippen molar-refractivity contribution in [3.05, 3.63) is 12.2 Å². The largest absolute Gasteiger partial charge is 0.466 e. The smallest absolute Gasteiger partial charge is 0.330 e. The Bertz CT molecular complexity index is 318. The average Bonchev–Trinajstić information content (AvgIpc) is 2.34. The Labute approximate surface area is 124 Å². The monoisotopic (exact) mass is 302 g/mol. The molecule has 0 fully saturated rings. The van der Waals surface area contributed by atoms with E-state index in [0.29, 0.717) is 13.0 Å². The molecule has 0 aliphatic carbocycles. The maximum Gasteiger partial charge on any atom is 0.330 e. The van der Waals surface area contributed by atoms with E-state index in [2.05, 4.69) is 38.6 Å². The molecule has 0 aromatic heterocycles. The number of aliphatic hydroxyl groups excluding tert-OH is 1. The summed E-state index contributed by atoms with van der Waals surface area (Å²) in [4.78, 5) is 10.8. The Kier molecular flexibility index (Phi) is 8.31. The van der Waals surface area contributed by atoms with E-state index in [9.17, 15) is 9.90 Å². The molecule has 0 bridgehead atoms. The van der Waals surface area contributed by atoms with Crippen LogP contribution in [0.3, 0.4) is 0 Å². The van der Waals surface area contributed by atoms with Crippen molar-refractivity contribution in [1.82, 2.24) is 0 Å². The Hall–Kier alpha value is -0.653. The zero-order valence-corrected chi connectivity index (χ0v) is 14.7. The number of esters is 1. The highest BCUT2D eigenvalue weighted by atomic mass is 28.4. The van der Waals surface area contributed by atoms with Gasteiger partial charge in [-0.15, -0.1) is 0 Å². The van der Waals surface area contributed by atoms with Crippen LogP contribution in [0.15, 0.2) is 12.2 Å². The van der Waals surface area contributed by atoms with Crippen molar-refractivity contribution in [3.8, 4) is 0 Å². The number of allylic oxidation sites excluding steroid dienone is 1. The van der Waals surface area contributed by atoms with Crippen LogP contribution in [0.2, 0.25) is 18.1 Å². The van der Waals surface area contributed by atoms with Crippen LogP contribution in [-0.2, 0) is 14.0 Å². The summed E-state index contributed by atoms with van der Waals surface area (Å²) < 4.78 is 10.5. The lowest BCUT2D eigenvalue weighted by Gasteiger charge is -2.36. The highest BCUT2D eigenvalue weighted by Crippen LogP contribution is 2.36. The summed E-state index contributed by atoms with van der Waals surface area (Å²) in [6, 6.07) is 0. The number of carbonyl (C=O) groups excluding carboxylic acids is 1. The number of methoxy groups -OCH3 is 1. The third-order valence-electron chi connectivity index (χ3n) is 3.81. The second kappa shape index (κ2) is 8.59. The summed E-state index contributed by atoms with van der Waals surface area (Å²) in [6.07, 6.45) is 5.02. The number of unbranched alkanes of at least 4 members (excludes halogenated alkanes) is 1. The molecular weight excluding hydrogens is 272 g/mol. The quantitative estimate of drug-likeness (QED) is 0.323. The summed E-state index contributed by atoms with van der Waals surface area (Å²) in [5, 5.41) is 10.1. The predicted octanol–water partition coefficient (Wildman–Crippen LogP) is 3.27. The van der Waals surface area contributed by atoms with Crippen molar-refractivity contribution in [1.29, 1.82) is 0 Å². The predicted molar refractivity (Wildman–Crippen MR) is 84.2 cm³/mol. The topological polar surface area (TPSA) is 55.8 Å². The normalized spacial score (nSPS) is 14.6. The minimum Gasteiger partial charge on any atom is -0.466 e. The van der Waals surface area contributed by atoms with Gasteiger partial charge in [-0.05, 0) is 37.4 Å². The molecule has 0 aromatic rings. The summed E-state index contributed by atoms with van der Waals surface area (Å²) in [6.45, 7) is 11.3. The van der Waals surface area contributed by atoms with E-state index in [4.69, 9.17) is 4.43 Å². The van der Waals surface area contributed by atoms with Gasteiger partial charge in [0, 0.05) is 6.08 Å². The minimum atomic E-state index is -1.78. The summed E-state index contributed by atoms with van der Waals surface area (Å²) >= 11 is 0. The lowest BCUT2D eigenvalue weighted by atomic mass is 10.1. The van der Waals surface area contributed by atoms with Crippen molar-refractivity contribution >= 4 is 14.3 Å². The van der Waals surface area contributed by atoms with Gasteiger partial charge in [0.25, 0.3) is 0 Å². The fourth-order valence-corrected chi connectivity index (χ4v) is 2.37. The van der Waals surface area contributed by atoms with E-state index >= 15 is 0 Å². The standard InChI is InChI=1S/C15H30O4Si/c1-15(2,3)20(5,6)19-12-13(16)10-8-7-9-11-14(17)18-4/h9,11,13,16H,7-8,10,12H2,1-6H3/b11-9+/t13-/m1/s1. The van der Waals surface area contributed by atoms with Crippen LogP contribution in [-0.4, -0.2) is 39.2 Å². The van der Waals surface area contributed by atoms with Gasteiger partial charge in [-0.2, -0.15) is 0 Å². The molecule has 118 valence electrons. The second-order valence-electron chi connectivity index (χ2n) is 6.58. The molecule has 0 radical (unpaired) electrons. The molecule has 4 nitrogen and oxygen atoms in total. The van der Waals surface area contributed by atoms with E-state index in [-0.39, 0.29) is 11.0 Å². The molecule has 5 heteroatoms. The zero-order valence-electron chi connectivity index (χ0n) is 13.7. The Morgan fingerprint density at radius 3 is 2.45 bits per heavy atom. The van der Waals surface area contributed by atoms with Crippen molar-refractivity contribution in [2.75, 3.05) is 13.7 Å². The highest BCUT2D eigenvalue weighted by molar-refractivity contribution is 6.74. The maximum atomic E-state index is 10.8. The minimum absolute atomic E-state index is 0.163. The number of ether oxygens (including phenoxy) is 1. The van der Waals surface area contributed by atoms with Crippen LogP contribution in [0.25, 0.3) is 0 Å². The molecule has 0 heterocycles. The number of hydrogen-bond donors (Lipinski definition) is 1. The first-order valence-electron chi connectivity index (χ1n) is 7.16. The van der Waals surface area contributed by atoms with Crippen molar-refractivity contribution in [2.24, 2.45) is 0 Å². The van der Waals surface area contributed by atoms with Crippen LogP contribution in [0.4, 0.5) is 0 Å². The number of hydrogen-bond acceptors (Lipinski definition) is 4. The first-order valence-corrected chi connectivity index (χ1v) is 10.1. The van der Waals surface area contributed by atoms with Crippen LogP contribution >= 0.6 is 0 Å². The molecule has 0 aliphatic heterocycles. The van der Waals surface area contributed by atoms with Gasteiger partial charge in [-0.3, -0.25) is 0 Å². The van der Waals surface area contributed by atoms with Crippen molar-refractivity contribution < 1.29 is 19.1 Å². The summed E-state index contributed by atoms with van der Waals surface area (Å²) in [5.41, 5.74) is 0. The van der Waals surface area contributed by atoms with Gasteiger partial charge < -0.3 is 14.3 Å². The maximum absolute atomic E-state index is 10.8. The first-order chi connectivity index (χ1) is 9.10. The van der Waals surface area contributed by atoms with Gasteiger partial charge in [0.05, 0.1) is 19.8 Å². The molecule has 0 unspecified atom stereocenters.